The molecule has 0 aliphatic heterocycles. The summed E-state index contributed by atoms with van der Waals surface area (Å²) in [5.41, 5.74) is 0. The summed E-state index contributed by atoms with van der Waals surface area (Å²) in [5.74, 6) is -1.74. The Bertz CT molecular complexity index is 151. The summed E-state index contributed by atoms with van der Waals surface area (Å²) in [4.78, 5) is 19.8. The largest absolute Gasteiger partial charge is 0.631 e. The Labute approximate surface area is 80.8 Å². The van der Waals surface area contributed by atoms with Gasteiger partial charge in [-0.05, 0) is 12.8 Å². The Morgan fingerprint density at radius 3 is 1.21 bits per heavy atom. The third-order valence-electron chi connectivity index (χ3n) is 1.03. The molecule has 0 bridgehead atoms. The fourth-order valence-corrected chi connectivity index (χ4v) is 0.552. The maximum Gasteiger partial charge on any atom is 0.631 e. The first-order valence-corrected chi connectivity index (χ1v) is 3.84. The number of carbonyl (C=O) groups is 2. The highest BCUT2D eigenvalue weighted by atomic mass is 16.5. The van der Waals surface area contributed by atoms with Crippen molar-refractivity contribution in [2.24, 2.45) is 0 Å². The number of aliphatic carboxylic acids is 2. The molecule has 0 spiro atoms. The van der Waals surface area contributed by atoms with E-state index < -0.39 is 19.3 Å². The van der Waals surface area contributed by atoms with Crippen molar-refractivity contribution < 1.29 is 34.9 Å². The minimum Gasteiger partial charge on any atom is -0.481 e. The Hall–Kier alpha value is -1.12. The third kappa shape index (κ3) is 30.7. The molecule has 0 atom stereocenters. The molecule has 5 N–H and O–H groups in total. The lowest BCUT2D eigenvalue weighted by Crippen LogP contribution is -2.07. The second-order valence-electron chi connectivity index (χ2n) is 2.34. The SMILES string of the molecule is O=C(O)CCCCC(=O)O.OB(O)O. The highest BCUT2D eigenvalue weighted by Gasteiger charge is 1.99. The molecule has 0 amide bonds. The van der Waals surface area contributed by atoms with E-state index in [4.69, 9.17) is 25.3 Å². The first kappa shape index (κ1) is 15.4. The van der Waals surface area contributed by atoms with E-state index in [2.05, 4.69) is 0 Å². The summed E-state index contributed by atoms with van der Waals surface area (Å²) in [6, 6.07) is 0. The average Bonchev–Trinajstić information content (AvgIpc) is 1.96. The maximum atomic E-state index is 9.90. The van der Waals surface area contributed by atoms with E-state index in [9.17, 15) is 9.59 Å². The summed E-state index contributed by atoms with van der Waals surface area (Å²) in [6.07, 6.45) is 1.02. The van der Waals surface area contributed by atoms with Crippen LogP contribution in [-0.2, 0) is 9.59 Å². The second-order valence-corrected chi connectivity index (χ2v) is 2.34. The van der Waals surface area contributed by atoms with E-state index in [1.165, 1.54) is 0 Å². The molecule has 82 valence electrons. The van der Waals surface area contributed by atoms with Gasteiger partial charge < -0.3 is 25.3 Å². The third-order valence-corrected chi connectivity index (χ3v) is 1.03. The maximum absolute atomic E-state index is 9.90. The van der Waals surface area contributed by atoms with Crippen LogP contribution in [0.1, 0.15) is 25.7 Å². The number of hydrogen-bond donors (Lipinski definition) is 5. The molecule has 0 saturated carbocycles. The molecule has 0 aliphatic rings. The molecule has 0 aliphatic carbocycles. The van der Waals surface area contributed by atoms with E-state index in [0.29, 0.717) is 12.8 Å². The second kappa shape index (κ2) is 9.97. The monoisotopic (exact) mass is 208 g/mol. The predicted octanol–water partition coefficient (Wildman–Crippen LogP) is -1.34. The van der Waals surface area contributed by atoms with Crippen molar-refractivity contribution in [2.75, 3.05) is 0 Å². The minimum atomic E-state index is -2.17. The first-order chi connectivity index (χ1) is 6.36. The van der Waals surface area contributed by atoms with E-state index in [-0.39, 0.29) is 12.8 Å². The van der Waals surface area contributed by atoms with Crippen molar-refractivity contribution in [1.29, 1.82) is 0 Å². The van der Waals surface area contributed by atoms with Crippen LogP contribution in [0.2, 0.25) is 0 Å². The van der Waals surface area contributed by atoms with E-state index in [1.54, 1.807) is 0 Å². The van der Waals surface area contributed by atoms with Gasteiger partial charge in [0.1, 0.15) is 0 Å². The zero-order valence-electron chi connectivity index (χ0n) is 7.46. The van der Waals surface area contributed by atoms with Gasteiger partial charge in [-0.1, -0.05) is 0 Å². The molecule has 0 aromatic rings. The number of rotatable bonds is 5. The van der Waals surface area contributed by atoms with Crippen LogP contribution in [0.5, 0.6) is 0 Å². The van der Waals surface area contributed by atoms with Gasteiger partial charge in [-0.15, -0.1) is 0 Å². The van der Waals surface area contributed by atoms with Crippen molar-refractivity contribution in [3.63, 3.8) is 0 Å². The van der Waals surface area contributed by atoms with Gasteiger partial charge in [0.05, 0.1) is 0 Å². The molecule has 14 heavy (non-hydrogen) atoms. The fourth-order valence-electron chi connectivity index (χ4n) is 0.552. The lowest BCUT2D eigenvalue weighted by Gasteiger charge is -1.92. The van der Waals surface area contributed by atoms with E-state index >= 15 is 0 Å². The first-order valence-electron chi connectivity index (χ1n) is 3.84. The molecular formula is C6H13BO7. The smallest absolute Gasteiger partial charge is 0.481 e. The molecule has 0 aromatic heterocycles. The van der Waals surface area contributed by atoms with Crippen LogP contribution in [0.4, 0.5) is 0 Å². The Morgan fingerprint density at radius 1 is 0.857 bits per heavy atom. The molecule has 0 rings (SSSR count). The van der Waals surface area contributed by atoms with Crippen LogP contribution < -0.4 is 0 Å². The van der Waals surface area contributed by atoms with E-state index in [1.807, 2.05) is 0 Å². The number of carboxylic acids is 2. The summed E-state index contributed by atoms with van der Waals surface area (Å²) >= 11 is 0. The Morgan fingerprint density at radius 2 is 1.07 bits per heavy atom. The summed E-state index contributed by atoms with van der Waals surface area (Å²) in [5, 5.41) is 37.8. The lowest BCUT2D eigenvalue weighted by molar-refractivity contribution is -0.139. The fraction of sp³-hybridized carbons (Fsp3) is 0.667. The summed E-state index contributed by atoms with van der Waals surface area (Å²) in [7, 11) is -2.17. The van der Waals surface area contributed by atoms with Crippen molar-refractivity contribution in [1.82, 2.24) is 0 Å². The van der Waals surface area contributed by atoms with Gasteiger partial charge in [0.2, 0.25) is 0 Å². The molecule has 0 heterocycles. The highest BCUT2D eigenvalue weighted by Crippen LogP contribution is 1.98. The van der Waals surface area contributed by atoms with Crippen molar-refractivity contribution >= 4 is 19.3 Å². The van der Waals surface area contributed by atoms with Crippen LogP contribution in [0.3, 0.4) is 0 Å². The molecule has 0 radical (unpaired) electrons. The molecule has 0 fully saturated rings. The van der Waals surface area contributed by atoms with Gasteiger partial charge in [0, 0.05) is 12.8 Å². The molecular weight excluding hydrogens is 195 g/mol. The van der Waals surface area contributed by atoms with Gasteiger partial charge >= 0.3 is 19.3 Å². The normalized spacial score (nSPS) is 8.50. The van der Waals surface area contributed by atoms with Gasteiger partial charge in [-0.2, -0.15) is 0 Å². The van der Waals surface area contributed by atoms with Gasteiger partial charge in [-0.25, -0.2) is 0 Å². The Balaban J connectivity index is 0. The van der Waals surface area contributed by atoms with Crippen LogP contribution >= 0.6 is 0 Å². The molecule has 0 saturated heterocycles. The molecule has 0 unspecified atom stereocenters. The van der Waals surface area contributed by atoms with Crippen molar-refractivity contribution in [3.05, 3.63) is 0 Å². The standard InChI is InChI=1S/C6H10O4.BH3O3/c7-5(8)3-1-2-4-6(9)10;2-1(3)4/h1-4H2,(H,7,8)(H,9,10);2-4H. The van der Waals surface area contributed by atoms with Crippen LogP contribution in [0, 0.1) is 0 Å². The predicted molar refractivity (Wildman–Crippen MR) is 46.2 cm³/mol. The minimum absolute atomic E-state index is 0.0628. The summed E-state index contributed by atoms with van der Waals surface area (Å²) in [6.45, 7) is 0. The van der Waals surface area contributed by atoms with Gasteiger partial charge in [-0.3, -0.25) is 9.59 Å². The quantitative estimate of drug-likeness (QED) is 0.278. The zero-order chi connectivity index (χ0) is 11.6. The van der Waals surface area contributed by atoms with Crippen LogP contribution in [0.25, 0.3) is 0 Å². The van der Waals surface area contributed by atoms with E-state index in [0.717, 1.165) is 0 Å². The zero-order valence-corrected chi connectivity index (χ0v) is 7.46. The number of unbranched alkanes of at least 4 members (excludes halogenated alkanes) is 1. The van der Waals surface area contributed by atoms with Gasteiger partial charge in [0.15, 0.2) is 0 Å². The molecule has 0 aromatic carbocycles. The van der Waals surface area contributed by atoms with Crippen molar-refractivity contribution in [3.8, 4) is 0 Å². The molecule has 8 heteroatoms. The van der Waals surface area contributed by atoms with Crippen molar-refractivity contribution in [2.45, 2.75) is 25.7 Å². The molecule has 7 nitrogen and oxygen atoms in total. The number of carboxylic acid groups (broad SMARTS) is 2. The summed E-state index contributed by atoms with van der Waals surface area (Å²) < 4.78 is 0. The topological polar surface area (TPSA) is 135 Å². The van der Waals surface area contributed by atoms with Crippen LogP contribution in [-0.4, -0.2) is 44.5 Å². The Kier molecular flexibility index (Phi) is 10.9. The number of hydrogen-bond acceptors (Lipinski definition) is 5. The lowest BCUT2D eigenvalue weighted by atomic mass is 10.2. The van der Waals surface area contributed by atoms with Gasteiger partial charge in [0.25, 0.3) is 0 Å². The highest BCUT2D eigenvalue weighted by molar-refractivity contribution is 6.30. The average molecular weight is 208 g/mol. The van der Waals surface area contributed by atoms with Crippen LogP contribution in [0.15, 0.2) is 0 Å².